The van der Waals surface area contributed by atoms with Crippen molar-refractivity contribution < 1.29 is 18.4 Å². The minimum atomic E-state index is -0.430. The predicted octanol–water partition coefficient (Wildman–Crippen LogP) is 4.43. The van der Waals surface area contributed by atoms with E-state index in [0.29, 0.717) is 41.2 Å². The Kier molecular flexibility index (Phi) is 5.28. The molecule has 5 rings (SSSR count). The van der Waals surface area contributed by atoms with Crippen LogP contribution >= 0.6 is 0 Å². The topological polar surface area (TPSA) is 80.5 Å². The fourth-order valence-electron chi connectivity index (χ4n) is 3.86. The summed E-state index contributed by atoms with van der Waals surface area (Å²) in [6, 6.07) is 15.5. The normalized spacial score (nSPS) is 14.0. The summed E-state index contributed by atoms with van der Waals surface area (Å²) in [6.07, 6.45) is 0. The number of hydrogen-bond donors (Lipinski definition) is 1. The molecule has 0 bridgehead atoms. The number of fused-ring (bicyclic) bond motifs is 1. The summed E-state index contributed by atoms with van der Waals surface area (Å²) in [4.78, 5) is 19.8. The first-order valence-corrected chi connectivity index (χ1v) is 10.4. The van der Waals surface area contributed by atoms with Crippen LogP contribution in [-0.4, -0.2) is 42.4 Å². The van der Waals surface area contributed by atoms with Crippen LogP contribution in [0.5, 0.6) is 0 Å². The average molecular weight is 432 g/mol. The quantitative estimate of drug-likeness (QED) is 0.514. The van der Waals surface area contributed by atoms with E-state index < -0.39 is 5.82 Å². The Bertz CT molecular complexity index is 1280. The monoisotopic (exact) mass is 432 g/mol. The maximum atomic E-state index is 14.4. The highest BCUT2D eigenvalue weighted by atomic mass is 19.1. The number of anilines is 2. The van der Waals surface area contributed by atoms with Crippen LogP contribution in [-0.2, 0) is 4.74 Å². The highest BCUT2D eigenvalue weighted by molar-refractivity contribution is 6.13. The molecule has 2 aromatic heterocycles. The van der Waals surface area contributed by atoms with E-state index in [9.17, 15) is 9.18 Å². The number of aromatic nitrogens is 2. The van der Waals surface area contributed by atoms with E-state index in [4.69, 9.17) is 9.26 Å². The third-order valence-corrected chi connectivity index (χ3v) is 5.51. The number of amides is 1. The number of nitrogens with one attached hydrogen (secondary N) is 1. The van der Waals surface area contributed by atoms with Gasteiger partial charge in [0.1, 0.15) is 5.82 Å². The molecule has 4 aromatic rings. The highest BCUT2D eigenvalue weighted by Gasteiger charge is 2.21. The third kappa shape index (κ3) is 3.80. The molecule has 0 atom stereocenters. The van der Waals surface area contributed by atoms with Crippen LogP contribution in [0.3, 0.4) is 0 Å². The van der Waals surface area contributed by atoms with Gasteiger partial charge in [0, 0.05) is 30.0 Å². The van der Waals surface area contributed by atoms with E-state index in [1.807, 2.05) is 24.3 Å². The van der Waals surface area contributed by atoms with Crippen LogP contribution < -0.4 is 10.2 Å². The Hall–Kier alpha value is -3.78. The fourth-order valence-corrected chi connectivity index (χ4v) is 3.86. The van der Waals surface area contributed by atoms with Gasteiger partial charge in [0.25, 0.3) is 11.6 Å². The van der Waals surface area contributed by atoms with E-state index in [1.54, 1.807) is 31.2 Å². The molecule has 32 heavy (non-hydrogen) atoms. The molecular weight excluding hydrogens is 411 g/mol. The molecule has 0 spiro atoms. The van der Waals surface area contributed by atoms with Crippen LogP contribution in [0.25, 0.3) is 22.4 Å². The molecule has 1 aliphatic rings. The number of nitrogens with zero attached hydrogens (tertiary/aromatic N) is 3. The number of halogens is 1. The second kappa shape index (κ2) is 8.39. The van der Waals surface area contributed by atoms with Gasteiger partial charge in [-0.1, -0.05) is 17.3 Å². The first kappa shape index (κ1) is 20.1. The van der Waals surface area contributed by atoms with Gasteiger partial charge in [0.15, 0.2) is 0 Å². The number of carbonyl (C=O) groups is 1. The van der Waals surface area contributed by atoms with Crippen LogP contribution in [0.4, 0.5) is 15.8 Å². The lowest BCUT2D eigenvalue weighted by molar-refractivity contribution is 0.102. The lowest BCUT2D eigenvalue weighted by Gasteiger charge is -2.28. The summed E-state index contributed by atoms with van der Waals surface area (Å²) >= 11 is 0. The Morgan fingerprint density at radius 2 is 1.84 bits per heavy atom. The largest absolute Gasteiger partial charge is 0.378 e. The molecule has 162 valence electrons. The van der Waals surface area contributed by atoms with Crippen molar-refractivity contribution >= 4 is 28.4 Å². The summed E-state index contributed by atoms with van der Waals surface area (Å²) in [5.74, 6) is -0.777. The number of rotatable bonds is 4. The van der Waals surface area contributed by atoms with Crippen molar-refractivity contribution in [1.29, 1.82) is 0 Å². The van der Waals surface area contributed by atoms with Crippen molar-refractivity contribution in [2.45, 2.75) is 6.92 Å². The summed E-state index contributed by atoms with van der Waals surface area (Å²) in [6.45, 7) is 4.83. The Labute approximate surface area is 183 Å². The zero-order valence-corrected chi connectivity index (χ0v) is 17.5. The fraction of sp³-hybridized carbons (Fsp3) is 0.208. The Morgan fingerprint density at radius 1 is 1.09 bits per heavy atom. The van der Waals surface area contributed by atoms with Gasteiger partial charge in [0.2, 0.25) is 0 Å². The molecule has 2 aromatic carbocycles. The Balaban J connectivity index is 1.46. The zero-order chi connectivity index (χ0) is 22.1. The first-order valence-electron chi connectivity index (χ1n) is 10.4. The molecule has 0 radical (unpaired) electrons. The van der Waals surface area contributed by atoms with Gasteiger partial charge >= 0.3 is 0 Å². The maximum absolute atomic E-state index is 14.4. The van der Waals surface area contributed by atoms with Crippen molar-refractivity contribution in [2.75, 3.05) is 36.5 Å². The molecular formula is C24H21FN4O3. The van der Waals surface area contributed by atoms with E-state index >= 15 is 0 Å². The van der Waals surface area contributed by atoms with Crippen molar-refractivity contribution in [3.05, 3.63) is 71.7 Å². The van der Waals surface area contributed by atoms with Gasteiger partial charge < -0.3 is 19.5 Å². The number of aryl methyl sites for hydroxylation is 1. The van der Waals surface area contributed by atoms with E-state index in [0.717, 1.165) is 18.8 Å². The van der Waals surface area contributed by atoms with Gasteiger partial charge in [-0.25, -0.2) is 9.37 Å². The number of morpholine rings is 1. The highest BCUT2D eigenvalue weighted by Crippen LogP contribution is 2.29. The molecule has 3 heterocycles. The van der Waals surface area contributed by atoms with Gasteiger partial charge in [-0.3, -0.25) is 4.79 Å². The molecule has 8 heteroatoms. The van der Waals surface area contributed by atoms with E-state index in [2.05, 4.69) is 20.4 Å². The van der Waals surface area contributed by atoms with Crippen molar-refractivity contribution in [3.63, 3.8) is 0 Å². The lowest BCUT2D eigenvalue weighted by atomic mass is 10.0. The summed E-state index contributed by atoms with van der Waals surface area (Å²) in [7, 11) is 0. The van der Waals surface area contributed by atoms with E-state index in [-0.39, 0.29) is 17.2 Å². The number of ether oxygens (including phenoxy) is 1. The van der Waals surface area contributed by atoms with Gasteiger partial charge in [0.05, 0.1) is 35.6 Å². The summed E-state index contributed by atoms with van der Waals surface area (Å²) in [5.41, 5.74) is 3.38. The zero-order valence-electron chi connectivity index (χ0n) is 17.5. The second-order valence-electron chi connectivity index (χ2n) is 7.58. The Morgan fingerprint density at radius 3 is 2.59 bits per heavy atom. The van der Waals surface area contributed by atoms with Crippen LogP contribution in [0.2, 0.25) is 0 Å². The number of pyridine rings is 1. The number of hydrogen-bond acceptors (Lipinski definition) is 6. The average Bonchev–Trinajstić information content (AvgIpc) is 3.20. The SMILES string of the molecule is Cc1noc2nc(-c3ccccc3F)cc(C(=O)Nc3ccc(N4CCOCC4)cc3)c12. The van der Waals surface area contributed by atoms with Gasteiger partial charge in [-0.2, -0.15) is 0 Å². The minimum Gasteiger partial charge on any atom is -0.378 e. The first-order chi connectivity index (χ1) is 15.6. The molecule has 1 fully saturated rings. The molecule has 0 unspecified atom stereocenters. The molecule has 7 nitrogen and oxygen atoms in total. The van der Waals surface area contributed by atoms with Crippen molar-refractivity contribution in [2.24, 2.45) is 0 Å². The molecule has 1 N–H and O–H groups in total. The van der Waals surface area contributed by atoms with Crippen LogP contribution in [0.15, 0.2) is 59.1 Å². The minimum absolute atomic E-state index is 0.191. The lowest BCUT2D eigenvalue weighted by Crippen LogP contribution is -2.36. The second-order valence-corrected chi connectivity index (χ2v) is 7.58. The van der Waals surface area contributed by atoms with Crippen molar-refractivity contribution in [3.8, 4) is 11.3 Å². The maximum Gasteiger partial charge on any atom is 0.259 e. The third-order valence-electron chi connectivity index (χ3n) is 5.51. The standard InChI is InChI=1S/C24H21FN4O3/c1-15-22-19(14-21(27-24(22)32-28-15)18-4-2-3-5-20(18)25)23(30)26-16-6-8-17(9-7-16)29-10-12-31-13-11-29/h2-9,14H,10-13H2,1H3,(H,26,30). The predicted molar refractivity (Wildman–Crippen MR) is 119 cm³/mol. The molecule has 1 saturated heterocycles. The molecule has 0 saturated carbocycles. The smallest absolute Gasteiger partial charge is 0.259 e. The van der Waals surface area contributed by atoms with Crippen LogP contribution in [0, 0.1) is 12.7 Å². The number of benzene rings is 2. The van der Waals surface area contributed by atoms with Crippen LogP contribution in [0.1, 0.15) is 16.1 Å². The van der Waals surface area contributed by atoms with E-state index in [1.165, 1.54) is 6.07 Å². The summed E-state index contributed by atoms with van der Waals surface area (Å²) < 4.78 is 25.0. The van der Waals surface area contributed by atoms with Gasteiger partial charge in [-0.05, 0) is 49.4 Å². The van der Waals surface area contributed by atoms with Gasteiger partial charge in [-0.15, -0.1) is 0 Å². The number of carbonyl (C=O) groups excluding carboxylic acids is 1. The summed E-state index contributed by atoms with van der Waals surface area (Å²) in [5, 5.41) is 7.36. The van der Waals surface area contributed by atoms with Crippen molar-refractivity contribution in [1.82, 2.24) is 10.1 Å². The molecule has 1 aliphatic heterocycles. The molecule has 1 amide bonds. The molecule has 0 aliphatic carbocycles.